The number of fused-ring (bicyclic) bond motifs is 3. The number of carbonyl (C=O) groups excluding carboxylic acids is 4. The molecule has 0 spiro atoms. The Hall–Kier alpha value is -2.00. The Labute approximate surface area is 437 Å². The van der Waals surface area contributed by atoms with Gasteiger partial charge < -0.3 is 59.1 Å². The summed E-state index contributed by atoms with van der Waals surface area (Å²) >= 11 is 0. The minimum Gasteiger partial charge on any atom is -0.459 e. The van der Waals surface area contributed by atoms with Gasteiger partial charge in [0.25, 0.3) is 0 Å². The lowest BCUT2D eigenvalue weighted by Crippen LogP contribution is -2.63. The molecule has 0 radical (unpaired) electrons. The van der Waals surface area contributed by atoms with Crippen molar-refractivity contribution in [3.8, 4) is 0 Å². The van der Waals surface area contributed by atoms with Gasteiger partial charge in [0, 0.05) is 58.5 Å². The van der Waals surface area contributed by atoms with Crippen molar-refractivity contribution in [3.05, 3.63) is 0 Å². The zero-order chi connectivity index (χ0) is 54.4. The summed E-state index contributed by atoms with van der Waals surface area (Å²) in [6.07, 6.45) is 2.74. The van der Waals surface area contributed by atoms with Gasteiger partial charge in [-0.1, -0.05) is 80.6 Å². The highest BCUT2D eigenvalue weighted by atomic mass is 16.6. The van der Waals surface area contributed by atoms with E-state index in [0.717, 1.165) is 32.1 Å². The number of carbonyl (C=O) groups is 4. The van der Waals surface area contributed by atoms with Crippen LogP contribution >= 0.6 is 0 Å². The van der Waals surface area contributed by atoms with E-state index < -0.39 is 109 Å². The maximum absolute atomic E-state index is 14.5. The normalized spacial score (nSPS) is 40.1. The Morgan fingerprint density at radius 2 is 1.41 bits per heavy atom. The third-order valence-corrected chi connectivity index (χ3v) is 17.6. The van der Waals surface area contributed by atoms with Gasteiger partial charge >= 0.3 is 5.97 Å². The number of piperidine rings is 1. The van der Waals surface area contributed by atoms with Crippen LogP contribution in [0.25, 0.3) is 0 Å². The van der Waals surface area contributed by atoms with Gasteiger partial charge in [0.05, 0.1) is 49.8 Å². The summed E-state index contributed by atoms with van der Waals surface area (Å²) in [6, 6.07) is -0.876. The average Bonchev–Trinajstić information content (AvgIpc) is 3.37. The monoisotopic (exact) mass is 1040 g/mol. The van der Waals surface area contributed by atoms with E-state index in [1.165, 1.54) is 26.0 Å². The summed E-state index contributed by atoms with van der Waals surface area (Å²) in [5.74, 6) is -6.13. The van der Waals surface area contributed by atoms with Crippen LogP contribution in [0.5, 0.6) is 0 Å². The fourth-order valence-electron chi connectivity index (χ4n) is 12.2. The van der Waals surface area contributed by atoms with Crippen molar-refractivity contribution < 1.29 is 78.2 Å². The van der Waals surface area contributed by atoms with Gasteiger partial charge in [0.15, 0.2) is 18.3 Å². The Kier molecular flexibility index (Phi) is 25.8. The second kappa shape index (κ2) is 29.7. The van der Waals surface area contributed by atoms with Gasteiger partial charge in [-0.2, -0.15) is 0 Å². The molecule has 6 unspecified atom stereocenters. The number of nitrogens with zero attached hydrogens (tertiary/aromatic N) is 1. The maximum atomic E-state index is 14.5. The molecule has 19 atom stereocenters. The average molecular weight is 1040 g/mol. The van der Waals surface area contributed by atoms with Crippen molar-refractivity contribution in [3.63, 3.8) is 0 Å². The van der Waals surface area contributed by atoms with E-state index in [-0.39, 0.29) is 66.6 Å². The van der Waals surface area contributed by atoms with E-state index in [4.69, 9.17) is 28.4 Å². The number of Topliss-reactive ketones (excluding diaryl/α,β-unsaturated/α-hetero) is 3. The second-order valence-electron chi connectivity index (χ2n) is 23.7. The molecule has 2 bridgehead atoms. The van der Waals surface area contributed by atoms with Gasteiger partial charge in [-0.05, 0) is 107 Å². The van der Waals surface area contributed by atoms with Crippen molar-refractivity contribution in [2.75, 3.05) is 41.1 Å². The van der Waals surface area contributed by atoms with E-state index in [1.54, 1.807) is 21.0 Å². The molecule has 4 aliphatic rings. The Morgan fingerprint density at radius 1 is 0.753 bits per heavy atom. The summed E-state index contributed by atoms with van der Waals surface area (Å²) in [5, 5.41) is 67.4. The second-order valence-corrected chi connectivity index (χ2v) is 23.7. The molecular formula is C56H99NO16. The largest absolute Gasteiger partial charge is 0.459 e. The number of aliphatic hydroxyl groups is 6. The molecule has 0 aromatic heterocycles. The van der Waals surface area contributed by atoms with Crippen LogP contribution < -0.4 is 0 Å². The fraction of sp³-hybridized carbons (Fsp3) is 0.929. The lowest BCUT2D eigenvalue weighted by Gasteiger charge is -2.46. The predicted octanol–water partition coefficient (Wildman–Crippen LogP) is 5.91. The molecule has 0 aromatic carbocycles. The van der Waals surface area contributed by atoms with Gasteiger partial charge in [0.1, 0.15) is 23.4 Å². The van der Waals surface area contributed by atoms with Crippen LogP contribution in [0.15, 0.2) is 0 Å². The first-order valence-electron chi connectivity index (χ1n) is 28.0. The minimum absolute atomic E-state index is 0.0270. The molecule has 17 nitrogen and oxygen atoms in total. The summed E-state index contributed by atoms with van der Waals surface area (Å²) in [6.45, 7) is 14.0. The Morgan fingerprint density at radius 3 is 2.05 bits per heavy atom. The number of rotatable bonds is 10. The molecule has 1 saturated carbocycles. The molecule has 1 aliphatic carbocycles. The van der Waals surface area contributed by atoms with Gasteiger partial charge in [-0.25, -0.2) is 0 Å². The van der Waals surface area contributed by atoms with Crippen molar-refractivity contribution >= 4 is 23.3 Å². The van der Waals surface area contributed by atoms with E-state index in [2.05, 4.69) is 13.8 Å². The smallest absolute Gasteiger partial charge is 0.316 e. The van der Waals surface area contributed by atoms with E-state index >= 15 is 0 Å². The predicted molar refractivity (Wildman–Crippen MR) is 274 cm³/mol. The van der Waals surface area contributed by atoms with Crippen LogP contribution in [-0.4, -0.2) is 167 Å². The first-order chi connectivity index (χ1) is 34.5. The number of hydrogen-bond acceptors (Lipinski definition) is 17. The third-order valence-electron chi connectivity index (χ3n) is 17.6. The molecule has 3 saturated heterocycles. The van der Waals surface area contributed by atoms with Gasteiger partial charge in [-0.15, -0.1) is 0 Å². The minimum atomic E-state index is -2.29. The molecule has 0 amide bonds. The number of hydrogen-bond donors (Lipinski definition) is 6. The summed E-state index contributed by atoms with van der Waals surface area (Å²) < 4.78 is 36.2. The van der Waals surface area contributed by atoms with Crippen LogP contribution in [0.2, 0.25) is 0 Å². The van der Waals surface area contributed by atoms with Crippen molar-refractivity contribution in [1.29, 1.82) is 0 Å². The van der Waals surface area contributed by atoms with Crippen LogP contribution in [0, 0.1) is 52.8 Å². The van der Waals surface area contributed by atoms with Gasteiger partial charge in [-0.3, -0.25) is 24.1 Å². The molecule has 4 rings (SSSR count). The zero-order valence-corrected chi connectivity index (χ0v) is 46.5. The molecular weight excluding hydrogens is 943 g/mol. The first kappa shape index (κ1) is 63.5. The topological polar surface area (TPSA) is 248 Å². The summed E-state index contributed by atoms with van der Waals surface area (Å²) in [4.78, 5) is 57.2. The quantitative estimate of drug-likeness (QED) is 0.139. The van der Waals surface area contributed by atoms with E-state index in [9.17, 15) is 49.8 Å². The molecule has 3 heterocycles. The van der Waals surface area contributed by atoms with Crippen LogP contribution in [0.1, 0.15) is 171 Å². The van der Waals surface area contributed by atoms with E-state index in [1.807, 2.05) is 20.8 Å². The Bertz CT molecular complexity index is 1700. The first-order valence-corrected chi connectivity index (χ1v) is 28.0. The molecule has 17 heteroatoms. The highest BCUT2D eigenvalue weighted by molar-refractivity contribution is 5.89. The molecule has 3 aliphatic heterocycles. The van der Waals surface area contributed by atoms with Crippen molar-refractivity contribution in [1.82, 2.24) is 4.90 Å². The van der Waals surface area contributed by atoms with Crippen LogP contribution in [-0.2, 0) is 47.6 Å². The number of ether oxygens (including phenoxy) is 6. The number of aliphatic hydroxyl groups excluding tert-OH is 5. The third kappa shape index (κ3) is 17.0. The van der Waals surface area contributed by atoms with Crippen LogP contribution in [0.4, 0.5) is 0 Å². The maximum Gasteiger partial charge on any atom is 0.316 e. The Balaban J connectivity index is 1.64. The number of ketones is 3. The standard InChI is InChI=1S/C56H99NO16/c1-33-17-13-12-14-18-34(2)45(68-9)29-41-22-20-39(7)56(67,73-41)51(63)52(64)57-24-16-15-19-42(57)53(65)71-46(30-43(60)35(3)26-38(6)49(62)50(70-11)48(61)37(5)25-33)36(4)27-40-21-23-44(47(28-40)69-10)72-54(66)55(8,31-58)32-59/h33-42,44-47,49-50,52-53,58-59,62,64-65,67H,12-32H2,1-11H3/t33-,34?,35?,36-,37-,38?,39-,40+,41+,42?,44-,45+,46+,47-,49-,50+,52?,53?,56-/m1/s1. The fourth-order valence-corrected chi connectivity index (χ4v) is 12.2. The molecule has 4 fully saturated rings. The van der Waals surface area contributed by atoms with Crippen LogP contribution in [0.3, 0.4) is 0 Å². The summed E-state index contributed by atoms with van der Waals surface area (Å²) in [5.41, 5.74) is -1.46. The zero-order valence-electron chi connectivity index (χ0n) is 46.5. The SMILES string of the molecule is CO[C@H]1C[C@@H]2CC[C@@H](C)[C@@](O)(O2)C(=O)C(O)N2CCCCC2C(O)O[C@H]([C@H](C)C[C@@H]2CC[C@@H](OC(=O)C(C)(CO)CO)[C@H](OC)C2)CC(=O)C(C)CC(C)[C@@H](O)[C@@H](OC)C(=O)[C@H](C)C[C@H](C)CCCCCC1C. The lowest BCUT2D eigenvalue weighted by atomic mass is 9.78. The van der Waals surface area contributed by atoms with Crippen molar-refractivity contribution in [2.24, 2.45) is 52.8 Å². The highest BCUT2D eigenvalue weighted by Crippen LogP contribution is 2.40. The van der Waals surface area contributed by atoms with Crippen molar-refractivity contribution in [2.45, 2.75) is 238 Å². The molecule has 0 aromatic rings. The number of esters is 1. The molecule has 73 heavy (non-hydrogen) atoms. The summed E-state index contributed by atoms with van der Waals surface area (Å²) in [7, 11) is 4.63. The lowest BCUT2D eigenvalue weighted by molar-refractivity contribution is -0.278. The molecule has 6 N–H and O–H groups in total. The molecule has 424 valence electrons. The highest BCUT2D eigenvalue weighted by Gasteiger charge is 2.53. The van der Waals surface area contributed by atoms with Gasteiger partial charge in [0.2, 0.25) is 11.6 Å². The number of methoxy groups -OCH3 is 3. The van der Waals surface area contributed by atoms with E-state index in [0.29, 0.717) is 70.6 Å².